The summed E-state index contributed by atoms with van der Waals surface area (Å²) >= 11 is 0. The zero-order valence-electron chi connectivity index (χ0n) is 12.6. The minimum Gasteiger partial charge on any atom is -0.490 e. The fourth-order valence-electron chi connectivity index (χ4n) is 2.88. The molecular weight excluding hydrogens is 268 g/mol. The lowest BCUT2D eigenvalue weighted by atomic mass is 10.0. The van der Waals surface area contributed by atoms with E-state index in [2.05, 4.69) is 36.6 Å². The molecule has 0 aliphatic carbocycles. The van der Waals surface area contributed by atoms with Crippen LogP contribution < -0.4 is 15.4 Å². The van der Waals surface area contributed by atoms with Crippen molar-refractivity contribution in [1.82, 2.24) is 10.6 Å². The summed E-state index contributed by atoms with van der Waals surface area (Å²) in [5.74, 6) is 0.970. The van der Waals surface area contributed by atoms with E-state index in [1.807, 2.05) is 0 Å². The molecule has 2 atom stereocenters. The molecule has 2 unspecified atom stereocenters. The van der Waals surface area contributed by atoms with Gasteiger partial charge in [-0.15, -0.1) is 0 Å². The zero-order valence-corrected chi connectivity index (χ0v) is 12.6. The molecule has 1 aromatic carbocycles. The van der Waals surface area contributed by atoms with Crippen molar-refractivity contribution in [2.45, 2.75) is 32.4 Å². The van der Waals surface area contributed by atoms with Crippen molar-refractivity contribution in [3.8, 4) is 5.75 Å². The number of aryl methyl sites for hydroxylation is 1. The molecule has 0 spiro atoms. The summed E-state index contributed by atoms with van der Waals surface area (Å²) in [6, 6.07) is 4.20. The van der Waals surface area contributed by atoms with E-state index >= 15 is 0 Å². The van der Waals surface area contributed by atoms with Crippen molar-refractivity contribution >= 4 is 5.91 Å². The Hall–Kier alpha value is -1.59. The molecule has 114 valence electrons. The molecule has 0 saturated carbocycles. The molecule has 1 aromatic rings. The largest absolute Gasteiger partial charge is 0.490 e. The molecule has 2 N–H and O–H groups in total. The number of morpholine rings is 1. The molecule has 0 bridgehead atoms. The molecule has 5 nitrogen and oxygen atoms in total. The van der Waals surface area contributed by atoms with Gasteiger partial charge in [-0.1, -0.05) is 12.1 Å². The number of benzene rings is 1. The Morgan fingerprint density at radius 3 is 3.00 bits per heavy atom. The molecule has 2 aliphatic rings. The number of hydrogen-bond donors (Lipinski definition) is 2. The van der Waals surface area contributed by atoms with Crippen LogP contribution in [-0.2, 0) is 9.53 Å². The lowest BCUT2D eigenvalue weighted by Gasteiger charge is -2.23. The van der Waals surface area contributed by atoms with Gasteiger partial charge in [-0.05, 0) is 25.0 Å². The predicted molar refractivity (Wildman–Crippen MR) is 79.5 cm³/mol. The smallest absolute Gasteiger partial charge is 0.222 e. The quantitative estimate of drug-likeness (QED) is 0.879. The van der Waals surface area contributed by atoms with Crippen LogP contribution in [0.15, 0.2) is 12.1 Å². The van der Waals surface area contributed by atoms with Gasteiger partial charge in [0.2, 0.25) is 5.91 Å². The summed E-state index contributed by atoms with van der Waals surface area (Å²) in [5.41, 5.74) is 3.45. The van der Waals surface area contributed by atoms with Gasteiger partial charge in [0, 0.05) is 24.6 Å². The first-order valence-corrected chi connectivity index (χ1v) is 7.48. The van der Waals surface area contributed by atoms with Crippen LogP contribution in [0.25, 0.3) is 0 Å². The highest BCUT2D eigenvalue weighted by Gasteiger charge is 2.28. The maximum Gasteiger partial charge on any atom is 0.222 e. The minimum atomic E-state index is -0.0451. The number of amides is 1. The van der Waals surface area contributed by atoms with E-state index in [1.54, 1.807) is 0 Å². The van der Waals surface area contributed by atoms with Crippen molar-refractivity contribution in [2.75, 3.05) is 26.4 Å². The summed E-state index contributed by atoms with van der Waals surface area (Å²) in [7, 11) is 0. The van der Waals surface area contributed by atoms with Gasteiger partial charge >= 0.3 is 0 Å². The molecule has 21 heavy (non-hydrogen) atoms. The Kier molecular flexibility index (Phi) is 4.12. The lowest BCUT2D eigenvalue weighted by molar-refractivity contribution is -0.123. The maximum atomic E-state index is 12.2. The zero-order chi connectivity index (χ0) is 14.8. The highest BCUT2D eigenvalue weighted by molar-refractivity contribution is 5.77. The molecule has 1 amide bonds. The van der Waals surface area contributed by atoms with Gasteiger partial charge < -0.3 is 20.1 Å². The van der Waals surface area contributed by atoms with Gasteiger partial charge in [-0.3, -0.25) is 4.79 Å². The second kappa shape index (κ2) is 6.03. The Morgan fingerprint density at radius 2 is 2.24 bits per heavy atom. The Morgan fingerprint density at radius 1 is 1.38 bits per heavy atom. The molecule has 2 heterocycles. The lowest BCUT2D eigenvalue weighted by Crippen LogP contribution is -2.44. The van der Waals surface area contributed by atoms with Crippen LogP contribution in [0.3, 0.4) is 0 Å². The van der Waals surface area contributed by atoms with E-state index < -0.39 is 0 Å². The molecule has 0 aromatic heterocycles. The van der Waals surface area contributed by atoms with Crippen LogP contribution in [-0.4, -0.2) is 38.3 Å². The van der Waals surface area contributed by atoms with E-state index in [0.29, 0.717) is 19.6 Å². The van der Waals surface area contributed by atoms with Crippen LogP contribution in [0.4, 0.5) is 0 Å². The topological polar surface area (TPSA) is 59.6 Å². The van der Waals surface area contributed by atoms with Gasteiger partial charge in [0.25, 0.3) is 0 Å². The number of fused-ring (bicyclic) bond motifs is 1. The van der Waals surface area contributed by atoms with Crippen LogP contribution >= 0.6 is 0 Å². The molecule has 3 rings (SSSR count). The number of rotatable bonds is 3. The number of nitrogens with one attached hydrogen (secondary N) is 2. The number of carbonyl (C=O) groups is 1. The van der Waals surface area contributed by atoms with Crippen LogP contribution in [0, 0.1) is 13.8 Å². The molecule has 5 heteroatoms. The van der Waals surface area contributed by atoms with E-state index in [-0.39, 0.29) is 18.0 Å². The van der Waals surface area contributed by atoms with E-state index in [9.17, 15) is 4.79 Å². The van der Waals surface area contributed by atoms with Crippen LogP contribution in [0.2, 0.25) is 0 Å². The summed E-state index contributed by atoms with van der Waals surface area (Å²) in [6.07, 6.45) is 0.441. The third kappa shape index (κ3) is 3.04. The van der Waals surface area contributed by atoms with Crippen LogP contribution in [0.5, 0.6) is 5.75 Å². The second-order valence-electron chi connectivity index (χ2n) is 5.79. The Balaban J connectivity index is 1.62. The van der Waals surface area contributed by atoms with Gasteiger partial charge in [0.05, 0.1) is 19.3 Å². The van der Waals surface area contributed by atoms with Gasteiger partial charge in [0.15, 0.2) is 0 Å². The van der Waals surface area contributed by atoms with Crippen molar-refractivity contribution in [2.24, 2.45) is 0 Å². The van der Waals surface area contributed by atoms with E-state index in [0.717, 1.165) is 30.0 Å². The first-order chi connectivity index (χ1) is 10.1. The summed E-state index contributed by atoms with van der Waals surface area (Å²) in [6.45, 7) is 6.77. The Bertz CT molecular complexity index is 539. The van der Waals surface area contributed by atoms with Gasteiger partial charge in [-0.2, -0.15) is 0 Å². The normalized spacial score (nSPS) is 24.3. The van der Waals surface area contributed by atoms with Crippen LogP contribution in [0.1, 0.15) is 29.2 Å². The molecule has 1 fully saturated rings. The fourth-order valence-corrected chi connectivity index (χ4v) is 2.88. The number of hydrogen-bond acceptors (Lipinski definition) is 4. The highest BCUT2D eigenvalue weighted by Crippen LogP contribution is 2.36. The first-order valence-electron chi connectivity index (χ1n) is 7.48. The third-order valence-electron chi connectivity index (χ3n) is 4.24. The summed E-state index contributed by atoms with van der Waals surface area (Å²) < 4.78 is 11.1. The standard InChI is InChI=1S/C16H22N2O3/c1-10-3-4-13-14(9-21-16(13)11(10)2)18-15(19)7-12-8-20-6-5-17-12/h3-4,12,14,17H,5-9H2,1-2H3,(H,18,19). The van der Waals surface area contributed by atoms with E-state index in [1.165, 1.54) is 5.56 Å². The predicted octanol–water partition coefficient (Wildman–Crippen LogP) is 1.23. The molecular formula is C16H22N2O3. The summed E-state index contributed by atoms with van der Waals surface area (Å²) in [5, 5.41) is 6.36. The molecule has 0 radical (unpaired) electrons. The number of carbonyl (C=O) groups excluding carboxylic acids is 1. The average Bonchev–Trinajstić information content (AvgIpc) is 2.87. The first kappa shape index (κ1) is 14.4. The van der Waals surface area contributed by atoms with Gasteiger partial charge in [-0.25, -0.2) is 0 Å². The highest BCUT2D eigenvalue weighted by atomic mass is 16.5. The van der Waals surface area contributed by atoms with Gasteiger partial charge in [0.1, 0.15) is 12.4 Å². The molecule has 1 saturated heterocycles. The number of ether oxygens (including phenoxy) is 2. The average molecular weight is 290 g/mol. The van der Waals surface area contributed by atoms with Crippen molar-refractivity contribution < 1.29 is 14.3 Å². The minimum absolute atomic E-state index is 0.0395. The Labute approximate surface area is 125 Å². The van der Waals surface area contributed by atoms with Crippen molar-refractivity contribution in [3.05, 3.63) is 28.8 Å². The van der Waals surface area contributed by atoms with E-state index in [4.69, 9.17) is 9.47 Å². The summed E-state index contributed by atoms with van der Waals surface area (Å²) in [4.78, 5) is 12.2. The molecule has 2 aliphatic heterocycles. The monoisotopic (exact) mass is 290 g/mol. The second-order valence-corrected chi connectivity index (χ2v) is 5.79. The maximum absolute atomic E-state index is 12.2. The van der Waals surface area contributed by atoms with Crippen molar-refractivity contribution in [1.29, 1.82) is 0 Å². The fraction of sp³-hybridized carbons (Fsp3) is 0.562. The van der Waals surface area contributed by atoms with Crippen molar-refractivity contribution in [3.63, 3.8) is 0 Å². The SMILES string of the molecule is Cc1ccc2c(c1C)OCC2NC(=O)CC1COCCN1. The third-order valence-corrected chi connectivity index (χ3v) is 4.24.